The van der Waals surface area contributed by atoms with Crippen LogP contribution in [0.1, 0.15) is 5.56 Å². The maximum absolute atomic E-state index is 9.69. The Labute approximate surface area is 107 Å². The number of benzene rings is 1. The van der Waals surface area contributed by atoms with Crippen molar-refractivity contribution in [3.05, 3.63) is 22.2 Å². The number of rotatable bonds is 1. The number of phenolic OH excluding ortho intramolecular Hbond substituents is 2. The summed E-state index contributed by atoms with van der Waals surface area (Å²) in [4.78, 5) is 0. The molecule has 2 rings (SSSR count). The number of phenols is 2. The van der Waals surface area contributed by atoms with Gasteiger partial charge in [0, 0.05) is 18.7 Å². The van der Waals surface area contributed by atoms with E-state index in [-0.39, 0.29) is 11.5 Å². The lowest BCUT2D eigenvalue weighted by Crippen LogP contribution is -1.96. The van der Waals surface area contributed by atoms with Crippen LogP contribution in [0.4, 0.5) is 5.82 Å². The number of nitrogen functional groups attached to an aromatic ring is 1. The molecule has 1 aromatic heterocycles. The van der Waals surface area contributed by atoms with Crippen LogP contribution >= 0.6 is 15.9 Å². The monoisotopic (exact) mass is 297 g/mol. The number of anilines is 1. The third-order valence-electron chi connectivity index (χ3n) is 2.59. The molecule has 1 aromatic carbocycles. The topological polar surface area (TPSA) is 84.3 Å². The summed E-state index contributed by atoms with van der Waals surface area (Å²) in [5.74, 6) is 0.163. The third kappa shape index (κ3) is 1.84. The van der Waals surface area contributed by atoms with E-state index in [1.54, 1.807) is 17.8 Å². The fourth-order valence-electron chi connectivity index (χ4n) is 1.67. The van der Waals surface area contributed by atoms with Gasteiger partial charge in [0.1, 0.15) is 5.82 Å². The minimum absolute atomic E-state index is 0.165. The first kappa shape index (κ1) is 11.8. The van der Waals surface area contributed by atoms with E-state index in [4.69, 9.17) is 5.73 Å². The number of hydrogen-bond acceptors (Lipinski definition) is 4. The molecule has 4 N–H and O–H groups in total. The Kier molecular flexibility index (Phi) is 2.74. The van der Waals surface area contributed by atoms with Crippen molar-refractivity contribution in [2.75, 3.05) is 5.73 Å². The Morgan fingerprint density at radius 1 is 1.35 bits per heavy atom. The van der Waals surface area contributed by atoms with Crippen molar-refractivity contribution in [2.45, 2.75) is 6.92 Å². The summed E-state index contributed by atoms with van der Waals surface area (Å²) >= 11 is 3.25. The van der Waals surface area contributed by atoms with Crippen molar-refractivity contribution >= 4 is 21.7 Å². The van der Waals surface area contributed by atoms with Crippen molar-refractivity contribution in [1.29, 1.82) is 0 Å². The molecule has 1 heterocycles. The van der Waals surface area contributed by atoms with Gasteiger partial charge in [0.05, 0.1) is 10.2 Å². The van der Waals surface area contributed by atoms with Gasteiger partial charge in [-0.2, -0.15) is 5.10 Å². The van der Waals surface area contributed by atoms with E-state index in [0.717, 1.165) is 5.56 Å². The normalized spacial score (nSPS) is 10.8. The number of aryl methyl sites for hydroxylation is 2. The molecule has 0 amide bonds. The molecular weight excluding hydrogens is 286 g/mol. The SMILES string of the molecule is Cc1cc(O)c(O)c(Br)c1-c1cc(N)n(C)n1. The molecule has 0 bridgehead atoms. The van der Waals surface area contributed by atoms with Crippen LogP contribution in [0.5, 0.6) is 11.5 Å². The van der Waals surface area contributed by atoms with Crippen LogP contribution in [0.2, 0.25) is 0 Å². The largest absolute Gasteiger partial charge is 0.504 e. The Balaban J connectivity index is 2.71. The first-order valence-electron chi connectivity index (χ1n) is 4.92. The maximum atomic E-state index is 9.69. The quantitative estimate of drug-likeness (QED) is 0.704. The van der Waals surface area contributed by atoms with Crippen LogP contribution in [0.3, 0.4) is 0 Å². The van der Waals surface area contributed by atoms with Crippen LogP contribution in [0, 0.1) is 6.92 Å². The van der Waals surface area contributed by atoms with Gasteiger partial charge >= 0.3 is 0 Å². The highest BCUT2D eigenvalue weighted by Crippen LogP contribution is 2.42. The van der Waals surface area contributed by atoms with E-state index < -0.39 is 0 Å². The Bertz CT molecular complexity index is 573. The maximum Gasteiger partial charge on any atom is 0.172 e. The molecule has 90 valence electrons. The smallest absolute Gasteiger partial charge is 0.172 e. The summed E-state index contributed by atoms with van der Waals surface area (Å²) in [5.41, 5.74) is 7.87. The van der Waals surface area contributed by atoms with E-state index in [1.807, 2.05) is 6.92 Å². The molecule has 0 radical (unpaired) electrons. The van der Waals surface area contributed by atoms with Gasteiger partial charge in [0.15, 0.2) is 11.5 Å². The molecule has 0 saturated heterocycles. The number of hydrogen-bond donors (Lipinski definition) is 3. The molecule has 0 aliphatic heterocycles. The van der Waals surface area contributed by atoms with Crippen molar-refractivity contribution < 1.29 is 10.2 Å². The van der Waals surface area contributed by atoms with Crippen LogP contribution in [0.25, 0.3) is 11.3 Å². The fraction of sp³-hybridized carbons (Fsp3) is 0.182. The second-order valence-corrected chi connectivity index (χ2v) is 4.62. The zero-order valence-electron chi connectivity index (χ0n) is 9.40. The first-order valence-corrected chi connectivity index (χ1v) is 5.72. The molecule has 5 nitrogen and oxygen atoms in total. The van der Waals surface area contributed by atoms with Gasteiger partial charge < -0.3 is 15.9 Å². The molecule has 0 spiro atoms. The summed E-state index contributed by atoms with van der Waals surface area (Å²) < 4.78 is 1.96. The van der Waals surface area contributed by atoms with E-state index in [0.29, 0.717) is 21.5 Å². The molecular formula is C11H12BrN3O2. The zero-order valence-corrected chi connectivity index (χ0v) is 11.0. The molecule has 0 unspecified atom stereocenters. The number of aromatic nitrogens is 2. The van der Waals surface area contributed by atoms with Gasteiger partial charge in [-0.1, -0.05) is 0 Å². The van der Waals surface area contributed by atoms with Crippen molar-refractivity contribution in [1.82, 2.24) is 9.78 Å². The lowest BCUT2D eigenvalue weighted by atomic mass is 10.0. The molecule has 2 aromatic rings. The van der Waals surface area contributed by atoms with Crippen molar-refractivity contribution in [3.63, 3.8) is 0 Å². The molecule has 6 heteroatoms. The van der Waals surface area contributed by atoms with E-state index in [2.05, 4.69) is 21.0 Å². The average Bonchev–Trinajstić information content (AvgIpc) is 2.56. The van der Waals surface area contributed by atoms with E-state index in [1.165, 1.54) is 6.07 Å². The molecule has 0 aliphatic carbocycles. The molecule has 0 aliphatic rings. The van der Waals surface area contributed by atoms with Crippen molar-refractivity contribution in [2.24, 2.45) is 7.05 Å². The molecule has 0 saturated carbocycles. The van der Waals surface area contributed by atoms with E-state index >= 15 is 0 Å². The minimum Gasteiger partial charge on any atom is -0.504 e. The first-order chi connectivity index (χ1) is 7.91. The van der Waals surface area contributed by atoms with Gasteiger partial charge in [-0.15, -0.1) is 0 Å². The predicted octanol–water partition coefficient (Wildman–Crippen LogP) is 2.15. The van der Waals surface area contributed by atoms with Gasteiger partial charge in [-0.05, 0) is 34.5 Å². The average molecular weight is 298 g/mol. The second kappa shape index (κ2) is 3.96. The minimum atomic E-state index is -0.199. The number of aromatic hydroxyl groups is 2. The van der Waals surface area contributed by atoms with Gasteiger partial charge in [0.25, 0.3) is 0 Å². The standard InChI is InChI=1S/C11H12BrN3O2/c1-5-3-7(16)11(17)10(12)9(5)6-4-8(13)15(2)14-6/h3-4,16-17H,13H2,1-2H3. The molecule has 0 atom stereocenters. The fourth-order valence-corrected chi connectivity index (χ4v) is 2.39. The number of halogens is 1. The van der Waals surface area contributed by atoms with Crippen LogP contribution in [0.15, 0.2) is 16.6 Å². The van der Waals surface area contributed by atoms with Crippen LogP contribution < -0.4 is 5.73 Å². The summed E-state index contributed by atoms with van der Waals surface area (Å²) in [6.07, 6.45) is 0. The summed E-state index contributed by atoms with van der Waals surface area (Å²) in [5, 5.41) is 23.4. The summed E-state index contributed by atoms with van der Waals surface area (Å²) in [6, 6.07) is 3.20. The van der Waals surface area contributed by atoms with Gasteiger partial charge in [-0.3, -0.25) is 4.68 Å². The zero-order chi connectivity index (χ0) is 12.7. The Hall–Kier alpha value is -1.69. The summed E-state index contributed by atoms with van der Waals surface area (Å²) in [7, 11) is 1.74. The van der Waals surface area contributed by atoms with Crippen LogP contribution in [-0.4, -0.2) is 20.0 Å². The highest BCUT2D eigenvalue weighted by Gasteiger charge is 2.17. The number of nitrogens with two attached hydrogens (primary N) is 1. The van der Waals surface area contributed by atoms with Gasteiger partial charge in [0.2, 0.25) is 0 Å². The Morgan fingerprint density at radius 2 is 2.00 bits per heavy atom. The second-order valence-electron chi connectivity index (χ2n) is 3.83. The lowest BCUT2D eigenvalue weighted by molar-refractivity contribution is 0.401. The predicted molar refractivity (Wildman–Crippen MR) is 68.8 cm³/mol. The third-order valence-corrected chi connectivity index (χ3v) is 3.36. The highest BCUT2D eigenvalue weighted by molar-refractivity contribution is 9.10. The molecule has 17 heavy (non-hydrogen) atoms. The summed E-state index contributed by atoms with van der Waals surface area (Å²) in [6.45, 7) is 1.82. The number of nitrogens with zero attached hydrogens (tertiary/aromatic N) is 2. The van der Waals surface area contributed by atoms with Gasteiger partial charge in [-0.25, -0.2) is 0 Å². The molecule has 0 fully saturated rings. The highest BCUT2D eigenvalue weighted by atomic mass is 79.9. The van der Waals surface area contributed by atoms with E-state index in [9.17, 15) is 10.2 Å². The Morgan fingerprint density at radius 3 is 2.53 bits per heavy atom. The van der Waals surface area contributed by atoms with Crippen molar-refractivity contribution in [3.8, 4) is 22.8 Å². The van der Waals surface area contributed by atoms with Crippen LogP contribution in [-0.2, 0) is 7.05 Å². The lowest BCUT2D eigenvalue weighted by Gasteiger charge is -2.09.